The summed E-state index contributed by atoms with van der Waals surface area (Å²) in [7, 11) is 1.59. The van der Waals surface area contributed by atoms with Crippen molar-refractivity contribution < 1.29 is 18.7 Å². The van der Waals surface area contributed by atoms with E-state index in [9.17, 15) is 9.18 Å². The third-order valence-electron chi connectivity index (χ3n) is 2.73. The molecule has 2 rings (SSSR count). The van der Waals surface area contributed by atoms with E-state index in [1.165, 1.54) is 12.1 Å². The maximum atomic E-state index is 12.7. The van der Waals surface area contributed by atoms with E-state index in [4.69, 9.17) is 9.47 Å². The van der Waals surface area contributed by atoms with Gasteiger partial charge in [0.2, 0.25) is 0 Å². The standard InChI is InChI=1S/C12H15FN2O3/c1-17-8-10-7-15(4-5-18-10)12(16)11-3-2-9(13)6-14-11/h2-3,6,10H,4-5,7-8H2,1H3. The molecule has 1 aliphatic rings. The number of hydrogen-bond acceptors (Lipinski definition) is 4. The number of carbonyl (C=O) groups is 1. The molecule has 2 heterocycles. The van der Waals surface area contributed by atoms with E-state index in [-0.39, 0.29) is 17.7 Å². The van der Waals surface area contributed by atoms with Crippen molar-refractivity contribution in [2.75, 3.05) is 33.4 Å². The Labute approximate surface area is 105 Å². The van der Waals surface area contributed by atoms with Gasteiger partial charge in [-0.2, -0.15) is 0 Å². The van der Waals surface area contributed by atoms with Crippen LogP contribution in [0.25, 0.3) is 0 Å². The fraction of sp³-hybridized carbons (Fsp3) is 0.500. The van der Waals surface area contributed by atoms with Crippen LogP contribution < -0.4 is 0 Å². The number of rotatable bonds is 3. The lowest BCUT2D eigenvalue weighted by atomic mass is 10.2. The molecule has 98 valence electrons. The lowest BCUT2D eigenvalue weighted by Gasteiger charge is -2.32. The Kier molecular flexibility index (Phi) is 4.22. The zero-order valence-electron chi connectivity index (χ0n) is 10.1. The summed E-state index contributed by atoms with van der Waals surface area (Å²) in [5.41, 5.74) is 0.245. The molecule has 1 unspecified atom stereocenters. The highest BCUT2D eigenvalue weighted by Crippen LogP contribution is 2.10. The molecule has 5 nitrogen and oxygen atoms in total. The summed E-state index contributed by atoms with van der Waals surface area (Å²) in [5.74, 6) is -0.662. The molecule has 1 atom stereocenters. The highest BCUT2D eigenvalue weighted by atomic mass is 19.1. The Morgan fingerprint density at radius 3 is 3.17 bits per heavy atom. The van der Waals surface area contributed by atoms with Gasteiger partial charge < -0.3 is 14.4 Å². The fourth-order valence-electron chi connectivity index (χ4n) is 1.85. The highest BCUT2D eigenvalue weighted by molar-refractivity contribution is 5.92. The zero-order valence-corrected chi connectivity index (χ0v) is 10.1. The van der Waals surface area contributed by atoms with Crippen LogP contribution in [0.2, 0.25) is 0 Å². The van der Waals surface area contributed by atoms with Crippen molar-refractivity contribution in [3.05, 3.63) is 29.8 Å². The van der Waals surface area contributed by atoms with Gasteiger partial charge in [0, 0.05) is 20.2 Å². The number of aromatic nitrogens is 1. The average molecular weight is 254 g/mol. The smallest absolute Gasteiger partial charge is 0.272 e. The van der Waals surface area contributed by atoms with Gasteiger partial charge in [0.15, 0.2) is 0 Å². The van der Waals surface area contributed by atoms with Crippen LogP contribution in [0.4, 0.5) is 4.39 Å². The molecule has 6 heteroatoms. The van der Waals surface area contributed by atoms with Crippen LogP contribution in [0.5, 0.6) is 0 Å². The average Bonchev–Trinajstić information content (AvgIpc) is 2.39. The van der Waals surface area contributed by atoms with E-state index in [1.54, 1.807) is 12.0 Å². The summed E-state index contributed by atoms with van der Waals surface area (Å²) in [6.07, 6.45) is 0.925. The minimum absolute atomic E-state index is 0.117. The first-order chi connectivity index (χ1) is 8.70. The number of methoxy groups -OCH3 is 1. The van der Waals surface area contributed by atoms with Gasteiger partial charge in [0.05, 0.1) is 25.5 Å². The van der Waals surface area contributed by atoms with Crippen LogP contribution >= 0.6 is 0 Å². The normalized spacial score (nSPS) is 19.9. The third-order valence-corrected chi connectivity index (χ3v) is 2.73. The molecule has 1 aromatic heterocycles. The zero-order chi connectivity index (χ0) is 13.0. The quantitative estimate of drug-likeness (QED) is 0.797. The van der Waals surface area contributed by atoms with Crippen LogP contribution in [0.15, 0.2) is 18.3 Å². The number of hydrogen-bond donors (Lipinski definition) is 0. The second-order valence-corrected chi connectivity index (χ2v) is 4.06. The maximum absolute atomic E-state index is 12.7. The second kappa shape index (κ2) is 5.88. The number of carbonyl (C=O) groups excluding carboxylic acids is 1. The van der Waals surface area contributed by atoms with Gasteiger partial charge in [-0.3, -0.25) is 4.79 Å². The Balaban J connectivity index is 2.02. The van der Waals surface area contributed by atoms with Crippen molar-refractivity contribution in [3.63, 3.8) is 0 Å². The first-order valence-electron chi connectivity index (χ1n) is 5.72. The molecule has 1 amide bonds. The molecule has 0 spiro atoms. The number of ether oxygens (including phenoxy) is 2. The van der Waals surface area contributed by atoms with Gasteiger partial charge in [-0.25, -0.2) is 9.37 Å². The summed E-state index contributed by atoms with van der Waals surface area (Å²) in [4.78, 5) is 17.5. The number of amides is 1. The van der Waals surface area contributed by atoms with E-state index in [0.717, 1.165) is 6.20 Å². The van der Waals surface area contributed by atoms with Crippen LogP contribution in [0.3, 0.4) is 0 Å². The molecule has 0 aliphatic carbocycles. The molecule has 1 aliphatic heterocycles. The van der Waals surface area contributed by atoms with Gasteiger partial charge >= 0.3 is 0 Å². The van der Waals surface area contributed by atoms with Gasteiger partial charge in [-0.1, -0.05) is 0 Å². The van der Waals surface area contributed by atoms with E-state index in [0.29, 0.717) is 26.3 Å². The molecule has 0 aromatic carbocycles. The summed E-state index contributed by atoms with van der Waals surface area (Å²) < 4.78 is 23.2. The van der Waals surface area contributed by atoms with Crippen molar-refractivity contribution >= 4 is 5.91 Å². The molecule has 1 fully saturated rings. The van der Waals surface area contributed by atoms with E-state index in [1.807, 2.05) is 0 Å². The van der Waals surface area contributed by atoms with E-state index < -0.39 is 5.82 Å². The Morgan fingerprint density at radius 2 is 2.50 bits per heavy atom. The fourth-order valence-corrected chi connectivity index (χ4v) is 1.85. The molecule has 0 bridgehead atoms. The number of nitrogens with zero attached hydrogens (tertiary/aromatic N) is 2. The predicted octanol–water partition coefficient (Wildman–Crippen LogP) is 0.708. The first-order valence-corrected chi connectivity index (χ1v) is 5.72. The lowest BCUT2D eigenvalue weighted by molar-refractivity contribution is -0.0532. The molecule has 0 N–H and O–H groups in total. The van der Waals surface area contributed by atoms with Crippen LogP contribution in [0.1, 0.15) is 10.5 Å². The van der Waals surface area contributed by atoms with Crippen LogP contribution in [-0.4, -0.2) is 55.3 Å². The minimum atomic E-state index is -0.453. The van der Waals surface area contributed by atoms with Crippen molar-refractivity contribution in [2.45, 2.75) is 6.10 Å². The van der Waals surface area contributed by atoms with Gasteiger partial charge in [0.1, 0.15) is 11.5 Å². The van der Waals surface area contributed by atoms with Gasteiger partial charge in [-0.15, -0.1) is 0 Å². The SMILES string of the molecule is COCC1CN(C(=O)c2ccc(F)cn2)CCO1. The molecule has 0 radical (unpaired) electrons. The highest BCUT2D eigenvalue weighted by Gasteiger charge is 2.25. The molecule has 0 saturated carbocycles. The Morgan fingerprint density at radius 1 is 1.67 bits per heavy atom. The predicted molar refractivity (Wildman–Crippen MR) is 61.7 cm³/mol. The summed E-state index contributed by atoms with van der Waals surface area (Å²) in [6.45, 7) is 1.89. The molecule has 1 aromatic rings. The molecule has 18 heavy (non-hydrogen) atoms. The van der Waals surface area contributed by atoms with Crippen molar-refractivity contribution in [1.82, 2.24) is 9.88 Å². The molecule has 1 saturated heterocycles. The van der Waals surface area contributed by atoms with Crippen molar-refractivity contribution in [1.29, 1.82) is 0 Å². The topological polar surface area (TPSA) is 51.7 Å². The van der Waals surface area contributed by atoms with Crippen molar-refractivity contribution in [3.8, 4) is 0 Å². The number of morpholine rings is 1. The van der Waals surface area contributed by atoms with E-state index >= 15 is 0 Å². The van der Waals surface area contributed by atoms with Crippen LogP contribution in [-0.2, 0) is 9.47 Å². The number of pyridine rings is 1. The summed E-state index contributed by atoms with van der Waals surface area (Å²) >= 11 is 0. The van der Waals surface area contributed by atoms with Crippen LogP contribution in [0, 0.1) is 5.82 Å². The molecular weight excluding hydrogens is 239 g/mol. The summed E-state index contributed by atoms with van der Waals surface area (Å²) in [5, 5.41) is 0. The van der Waals surface area contributed by atoms with Crippen molar-refractivity contribution in [2.24, 2.45) is 0 Å². The third kappa shape index (κ3) is 3.02. The Bertz CT molecular complexity index is 408. The van der Waals surface area contributed by atoms with Gasteiger partial charge in [0.25, 0.3) is 5.91 Å². The minimum Gasteiger partial charge on any atom is -0.382 e. The Hall–Kier alpha value is -1.53. The van der Waals surface area contributed by atoms with E-state index in [2.05, 4.69) is 4.98 Å². The first kappa shape index (κ1) is 12.9. The maximum Gasteiger partial charge on any atom is 0.272 e. The monoisotopic (exact) mass is 254 g/mol. The summed E-state index contributed by atoms with van der Waals surface area (Å²) in [6, 6.07) is 2.62. The largest absolute Gasteiger partial charge is 0.382 e. The van der Waals surface area contributed by atoms with Gasteiger partial charge in [-0.05, 0) is 12.1 Å². The number of halogens is 1. The lowest BCUT2D eigenvalue weighted by Crippen LogP contribution is -2.47. The molecular formula is C12H15FN2O3. The second-order valence-electron chi connectivity index (χ2n) is 4.06.